The lowest BCUT2D eigenvalue weighted by molar-refractivity contribution is -0.116. The maximum atomic E-state index is 11.6. The van der Waals surface area contributed by atoms with E-state index >= 15 is 0 Å². The van der Waals surface area contributed by atoms with Gasteiger partial charge in [0.05, 0.1) is 12.2 Å². The van der Waals surface area contributed by atoms with Crippen LogP contribution in [-0.2, 0) is 9.53 Å². The molecule has 1 aromatic carbocycles. The van der Waals surface area contributed by atoms with Crippen molar-refractivity contribution < 1.29 is 14.3 Å². The van der Waals surface area contributed by atoms with Crippen LogP contribution >= 0.6 is 0 Å². The van der Waals surface area contributed by atoms with E-state index in [9.17, 15) is 9.59 Å². The topological polar surface area (TPSA) is 43.4 Å². The van der Waals surface area contributed by atoms with Gasteiger partial charge in [-0.05, 0) is 25.0 Å². The molecule has 16 heavy (non-hydrogen) atoms. The lowest BCUT2D eigenvalue weighted by Crippen LogP contribution is -2.31. The van der Waals surface area contributed by atoms with Gasteiger partial charge in [0.2, 0.25) is 0 Å². The highest BCUT2D eigenvalue weighted by Crippen LogP contribution is 2.32. The number of benzene rings is 1. The van der Waals surface area contributed by atoms with E-state index in [2.05, 4.69) is 0 Å². The molecule has 0 heterocycles. The van der Waals surface area contributed by atoms with E-state index in [0.717, 1.165) is 19.1 Å². The Hall–Kier alpha value is -1.64. The Bertz CT molecular complexity index is 372. The van der Waals surface area contributed by atoms with Crippen LogP contribution in [0.1, 0.15) is 23.2 Å². The molecule has 84 valence electrons. The molecule has 0 spiro atoms. The summed E-state index contributed by atoms with van der Waals surface area (Å²) in [6.07, 6.45) is 2.87. The quantitative estimate of drug-likeness (QED) is 0.574. The normalized spacial score (nSPS) is 23.2. The number of carbonyl (C=O) groups excluding carboxylic acids is 2. The molecule has 1 aliphatic rings. The monoisotopic (exact) mass is 218 g/mol. The predicted molar refractivity (Wildman–Crippen MR) is 59.0 cm³/mol. The Kier molecular flexibility index (Phi) is 3.34. The summed E-state index contributed by atoms with van der Waals surface area (Å²) in [7, 11) is 0. The second-order valence-electron chi connectivity index (χ2n) is 4.10. The van der Waals surface area contributed by atoms with Crippen LogP contribution in [0.15, 0.2) is 30.3 Å². The Morgan fingerprint density at radius 2 is 2.06 bits per heavy atom. The molecule has 1 aromatic rings. The Morgan fingerprint density at radius 3 is 2.62 bits per heavy atom. The summed E-state index contributed by atoms with van der Waals surface area (Å²) in [6, 6.07) is 8.90. The molecule has 1 aliphatic carbocycles. The van der Waals surface area contributed by atoms with Crippen molar-refractivity contribution >= 4 is 12.3 Å². The molecule has 0 N–H and O–H groups in total. The summed E-state index contributed by atoms with van der Waals surface area (Å²) >= 11 is 0. The van der Waals surface area contributed by atoms with E-state index in [1.165, 1.54) is 0 Å². The van der Waals surface area contributed by atoms with Gasteiger partial charge in [-0.3, -0.25) is 0 Å². The molecule has 0 radical (unpaired) electrons. The first kappa shape index (κ1) is 10.9. The fraction of sp³-hybridized carbons (Fsp3) is 0.385. The minimum Gasteiger partial charge on any atom is -0.462 e. The number of hydrogen-bond acceptors (Lipinski definition) is 3. The smallest absolute Gasteiger partial charge is 0.338 e. The number of ether oxygens (including phenoxy) is 1. The minimum atomic E-state index is -0.308. The van der Waals surface area contributed by atoms with Gasteiger partial charge in [0, 0.05) is 11.8 Å². The summed E-state index contributed by atoms with van der Waals surface area (Å²) < 4.78 is 5.17. The fourth-order valence-corrected chi connectivity index (χ4v) is 1.82. The fourth-order valence-electron chi connectivity index (χ4n) is 1.82. The highest BCUT2D eigenvalue weighted by atomic mass is 16.5. The average molecular weight is 218 g/mol. The summed E-state index contributed by atoms with van der Waals surface area (Å²) in [5, 5.41) is 0. The van der Waals surface area contributed by atoms with E-state index in [4.69, 9.17) is 4.74 Å². The summed E-state index contributed by atoms with van der Waals surface area (Å²) in [5.41, 5.74) is 0.560. The molecule has 0 aliphatic heterocycles. The van der Waals surface area contributed by atoms with Crippen LogP contribution in [0, 0.1) is 11.8 Å². The highest BCUT2D eigenvalue weighted by molar-refractivity contribution is 5.89. The van der Waals surface area contributed by atoms with Crippen LogP contribution in [0.2, 0.25) is 0 Å². The van der Waals surface area contributed by atoms with Crippen molar-refractivity contribution in [3.8, 4) is 0 Å². The van der Waals surface area contributed by atoms with E-state index < -0.39 is 0 Å². The zero-order valence-electron chi connectivity index (χ0n) is 8.96. The van der Waals surface area contributed by atoms with E-state index in [1.807, 2.05) is 6.07 Å². The minimum absolute atomic E-state index is 0.0866. The molecule has 0 amide bonds. The van der Waals surface area contributed by atoms with Gasteiger partial charge in [0.25, 0.3) is 0 Å². The third-order valence-electron chi connectivity index (χ3n) is 3.09. The molecule has 1 saturated carbocycles. The standard InChI is InChI=1S/C13H14O3/c14-8-11-6-7-12(11)9-16-13(15)10-4-2-1-3-5-10/h1-5,8,11-12H,6-7,9H2. The molecular weight excluding hydrogens is 204 g/mol. The average Bonchev–Trinajstić information content (AvgIpc) is 2.29. The molecule has 0 aromatic heterocycles. The second-order valence-corrected chi connectivity index (χ2v) is 4.10. The van der Waals surface area contributed by atoms with Crippen LogP contribution in [0.5, 0.6) is 0 Å². The third kappa shape index (κ3) is 2.30. The number of esters is 1. The van der Waals surface area contributed by atoms with Gasteiger partial charge in [-0.25, -0.2) is 4.79 Å². The molecule has 2 unspecified atom stereocenters. The predicted octanol–water partition coefficient (Wildman–Crippen LogP) is 2.07. The van der Waals surface area contributed by atoms with Gasteiger partial charge in [0.1, 0.15) is 6.29 Å². The zero-order valence-corrected chi connectivity index (χ0v) is 8.96. The molecule has 2 rings (SSSR count). The van der Waals surface area contributed by atoms with Gasteiger partial charge >= 0.3 is 5.97 Å². The first-order valence-corrected chi connectivity index (χ1v) is 5.48. The van der Waals surface area contributed by atoms with Crippen molar-refractivity contribution in [2.75, 3.05) is 6.61 Å². The maximum Gasteiger partial charge on any atom is 0.338 e. The number of carbonyl (C=O) groups is 2. The third-order valence-corrected chi connectivity index (χ3v) is 3.09. The van der Waals surface area contributed by atoms with Crippen LogP contribution in [-0.4, -0.2) is 18.9 Å². The highest BCUT2D eigenvalue weighted by Gasteiger charge is 2.31. The number of aldehydes is 1. The van der Waals surface area contributed by atoms with Crippen molar-refractivity contribution in [3.05, 3.63) is 35.9 Å². The number of hydrogen-bond donors (Lipinski definition) is 0. The van der Waals surface area contributed by atoms with E-state index in [0.29, 0.717) is 12.2 Å². The molecular formula is C13H14O3. The molecule has 2 atom stereocenters. The second kappa shape index (κ2) is 4.92. The van der Waals surface area contributed by atoms with Crippen molar-refractivity contribution in [3.63, 3.8) is 0 Å². The Labute approximate surface area is 94.4 Å². The molecule has 0 bridgehead atoms. The van der Waals surface area contributed by atoms with Crippen molar-refractivity contribution in [2.24, 2.45) is 11.8 Å². The van der Waals surface area contributed by atoms with Crippen molar-refractivity contribution in [1.82, 2.24) is 0 Å². The Balaban J connectivity index is 1.82. The van der Waals surface area contributed by atoms with Crippen LogP contribution in [0.3, 0.4) is 0 Å². The van der Waals surface area contributed by atoms with Gasteiger partial charge in [-0.1, -0.05) is 18.2 Å². The van der Waals surface area contributed by atoms with Crippen molar-refractivity contribution in [2.45, 2.75) is 12.8 Å². The Morgan fingerprint density at radius 1 is 1.31 bits per heavy atom. The van der Waals surface area contributed by atoms with E-state index in [-0.39, 0.29) is 17.8 Å². The van der Waals surface area contributed by atoms with Gasteiger partial charge in [-0.15, -0.1) is 0 Å². The van der Waals surface area contributed by atoms with Gasteiger partial charge in [-0.2, -0.15) is 0 Å². The summed E-state index contributed by atoms with van der Waals surface area (Å²) in [6.45, 7) is 0.358. The van der Waals surface area contributed by atoms with E-state index in [1.54, 1.807) is 24.3 Å². The number of rotatable bonds is 4. The SMILES string of the molecule is O=CC1CCC1COC(=O)c1ccccc1. The first-order valence-electron chi connectivity index (χ1n) is 5.48. The molecule has 3 heteroatoms. The lowest BCUT2D eigenvalue weighted by Gasteiger charge is -2.31. The largest absolute Gasteiger partial charge is 0.462 e. The van der Waals surface area contributed by atoms with Crippen LogP contribution in [0.25, 0.3) is 0 Å². The molecule has 3 nitrogen and oxygen atoms in total. The summed E-state index contributed by atoms with van der Waals surface area (Å²) in [5.74, 6) is 0.00545. The molecule has 1 fully saturated rings. The van der Waals surface area contributed by atoms with Crippen molar-refractivity contribution in [1.29, 1.82) is 0 Å². The van der Waals surface area contributed by atoms with Gasteiger partial charge in [0.15, 0.2) is 0 Å². The van der Waals surface area contributed by atoms with Crippen LogP contribution < -0.4 is 0 Å². The summed E-state index contributed by atoms with van der Waals surface area (Å²) in [4.78, 5) is 22.1. The lowest BCUT2D eigenvalue weighted by atomic mass is 9.75. The van der Waals surface area contributed by atoms with Crippen LogP contribution in [0.4, 0.5) is 0 Å². The zero-order chi connectivity index (χ0) is 11.4. The van der Waals surface area contributed by atoms with Gasteiger partial charge < -0.3 is 9.53 Å². The maximum absolute atomic E-state index is 11.6. The first-order chi connectivity index (χ1) is 7.81. The molecule has 0 saturated heterocycles.